The molecule has 0 aliphatic rings. The van der Waals surface area contributed by atoms with E-state index in [9.17, 15) is 13.2 Å². The molecule has 0 bridgehead atoms. The van der Waals surface area contributed by atoms with E-state index in [-0.39, 0.29) is 12.6 Å². The largest absolute Gasteiger partial charge is 0.401 e. The number of alkyl halides is 3. The van der Waals surface area contributed by atoms with Crippen LogP contribution in [0.1, 0.15) is 20.8 Å². The van der Waals surface area contributed by atoms with Crippen molar-refractivity contribution in [3.05, 3.63) is 0 Å². The van der Waals surface area contributed by atoms with Crippen LogP contribution in [-0.2, 0) is 0 Å². The topological polar surface area (TPSA) is 23.5 Å². The Balaban J connectivity index is 4.11. The van der Waals surface area contributed by atoms with E-state index < -0.39 is 18.8 Å². The van der Waals surface area contributed by atoms with E-state index in [0.717, 1.165) is 0 Å². The van der Waals surface area contributed by atoms with E-state index in [4.69, 9.17) is 5.11 Å². The lowest BCUT2D eigenvalue weighted by Crippen LogP contribution is -2.42. The first-order valence-corrected chi connectivity index (χ1v) is 4.21. The van der Waals surface area contributed by atoms with E-state index in [1.165, 1.54) is 11.8 Å². The molecular formula is C8H16F3NO. The zero-order valence-corrected chi connectivity index (χ0v) is 8.10. The van der Waals surface area contributed by atoms with E-state index >= 15 is 0 Å². The summed E-state index contributed by atoms with van der Waals surface area (Å²) < 4.78 is 36.0. The molecule has 1 N–H and O–H groups in total. The number of hydrogen-bond donors (Lipinski definition) is 1. The first-order chi connectivity index (χ1) is 5.72. The summed E-state index contributed by atoms with van der Waals surface area (Å²) in [6, 6.07) is -0.212. The molecule has 0 aliphatic carbocycles. The van der Waals surface area contributed by atoms with Gasteiger partial charge in [-0.1, -0.05) is 0 Å². The maximum Gasteiger partial charge on any atom is 0.401 e. The molecule has 13 heavy (non-hydrogen) atoms. The first kappa shape index (κ1) is 12.7. The van der Waals surface area contributed by atoms with Crippen molar-refractivity contribution in [2.24, 2.45) is 0 Å². The highest BCUT2D eigenvalue weighted by atomic mass is 19.4. The Morgan fingerprint density at radius 2 is 1.69 bits per heavy atom. The number of hydrogen-bond acceptors (Lipinski definition) is 2. The van der Waals surface area contributed by atoms with Gasteiger partial charge in [-0.15, -0.1) is 0 Å². The van der Waals surface area contributed by atoms with Crippen molar-refractivity contribution in [1.82, 2.24) is 4.90 Å². The molecule has 2 nitrogen and oxygen atoms in total. The predicted octanol–water partition coefficient (Wildman–Crippen LogP) is 1.64. The highest BCUT2D eigenvalue weighted by Crippen LogP contribution is 2.17. The van der Waals surface area contributed by atoms with E-state index in [1.807, 2.05) is 0 Å². The minimum Gasteiger partial charge on any atom is -0.392 e. The monoisotopic (exact) mass is 199 g/mol. The van der Waals surface area contributed by atoms with Crippen LogP contribution in [0.15, 0.2) is 0 Å². The van der Waals surface area contributed by atoms with E-state index in [1.54, 1.807) is 13.8 Å². The van der Waals surface area contributed by atoms with Crippen LogP contribution in [0.3, 0.4) is 0 Å². The fourth-order valence-electron chi connectivity index (χ4n) is 1.03. The van der Waals surface area contributed by atoms with Crippen LogP contribution < -0.4 is 0 Å². The Morgan fingerprint density at radius 1 is 1.23 bits per heavy atom. The molecular weight excluding hydrogens is 183 g/mol. The van der Waals surface area contributed by atoms with Crippen LogP contribution in [0.2, 0.25) is 0 Å². The summed E-state index contributed by atoms with van der Waals surface area (Å²) in [6.45, 7) is 3.92. The molecule has 80 valence electrons. The van der Waals surface area contributed by atoms with Gasteiger partial charge in [-0.25, -0.2) is 0 Å². The third kappa shape index (κ3) is 6.83. The summed E-state index contributed by atoms with van der Waals surface area (Å²) >= 11 is 0. The maximum absolute atomic E-state index is 12.0. The van der Waals surface area contributed by atoms with Gasteiger partial charge in [-0.3, -0.25) is 4.90 Å². The second kappa shape index (κ2) is 4.81. The van der Waals surface area contributed by atoms with Gasteiger partial charge in [0.2, 0.25) is 0 Å². The normalized spacial score (nSPS) is 15.5. The third-order valence-corrected chi connectivity index (χ3v) is 1.61. The van der Waals surface area contributed by atoms with Crippen molar-refractivity contribution in [2.45, 2.75) is 39.1 Å². The summed E-state index contributed by atoms with van der Waals surface area (Å²) in [6.07, 6.45) is -4.93. The van der Waals surface area contributed by atoms with Gasteiger partial charge in [0.25, 0.3) is 0 Å². The Labute approximate surface area is 76.3 Å². The quantitative estimate of drug-likeness (QED) is 0.744. The number of aliphatic hydroxyl groups is 1. The van der Waals surface area contributed by atoms with E-state index in [2.05, 4.69) is 0 Å². The summed E-state index contributed by atoms with van der Waals surface area (Å²) in [4.78, 5) is 1.20. The summed E-state index contributed by atoms with van der Waals surface area (Å²) in [5, 5.41) is 8.96. The number of halogens is 3. The molecule has 0 saturated carbocycles. The SMILES string of the molecule is CC(C)N(C[C@H](C)O)CC(F)(F)F. The number of nitrogens with zero attached hydrogens (tertiary/aromatic N) is 1. The number of aliphatic hydroxyl groups excluding tert-OH is 1. The van der Waals surface area contributed by atoms with Gasteiger partial charge in [0, 0.05) is 12.6 Å². The molecule has 0 aromatic rings. The fourth-order valence-corrected chi connectivity index (χ4v) is 1.03. The van der Waals surface area contributed by atoms with Crippen molar-refractivity contribution >= 4 is 0 Å². The van der Waals surface area contributed by atoms with Crippen LogP contribution in [0.25, 0.3) is 0 Å². The molecule has 0 saturated heterocycles. The van der Waals surface area contributed by atoms with Crippen molar-refractivity contribution in [2.75, 3.05) is 13.1 Å². The lowest BCUT2D eigenvalue weighted by Gasteiger charge is -2.28. The van der Waals surface area contributed by atoms with Gasteiger partial charge in [0.15, 0.2) is 0 Å². The first-order valence-electron chi connectivity index (χ1n) is 4.21. The Kier molecular flexibility index (Phi) is 4.70. The van der Waals surface area contributed by atoms with E-state index in [0.29, 0.717) is 0 Å². The lowest BCUT2D eigenvalue weighted by atomic mass is 10.2. The maximum atomic E-state index is 12.0. The van der Waals surface area contributed by atoms with Gasteiger partial charge in [0.05, 0.1) is 12.6 Å². The Bertz CT molecular complexity index is 145. The highest BCUT2D eigenvalue weighted by molar-refractivity contribution is 4.69. The molecule has 0 aromatic carbocycles. The standard InChI is InChI=1S/C8H16F3NO/c1-6(2)12(4-7(3)13)5-8(9,10)11/h6-7,13H,4-5H2,1-3H3/t7-/m0/s1. The van der Waals surface area contributed by atoms with Crippen LogP contribution >= 0.6 is 0 Å². The molecule has 0 radical (unpaired) electrons. The number of rotatable bonds is 4. The molecule has 0 spiro atoms. The molecule has 5 heteroatoms. The van der Waals surface area contributed by atoms with Crippen molar-refractivity contribution in [3.8, 4) is 0 Å². The zero-order chi connectivity index (χ0) is 10.6. The molecule has 0 unspecified atom stereocenters. The van der Waals surface area contributed by atoms with Gasteiger partial charge < -0.3 is 5.11 Å². The van der Waals surface area contributed by atoms with Crippen LogP contribution in [0.4, 0.5) is 13.2 Å². The van der Waals surface area contributed by atoms with Gasteiger partial charge in [-0.2, -0.15) is 13.2 Å². The van der Waals surface area contributed by atoms with Gasteiger partial charge in [0.1, 0.15) is 0 Å². The molecule has 0 heterocycles. The zero-order valence-electron chi connectivity index (χ0n) is 8.10. The van der Waals surface area contributed by atoms with Gasteiger partial charge >= 0.3 is 6.18 Å². The summed E-state index contributed by atoms with van der Waals surface area (Å²) in [5.41, 5.74) is 0. The summed E-state index contributed by atoms with van der Waals surface area (Å²) in [7, 11) is 0. The predicted molar refractivity (Wildman–Crippen MR) is 44.4 cm³/mol. The third-order valence-electron chi connectivity index (χ3n) is 1.61. The van der Waals surface area contributed by atoms with Crippen molar-refractivity contribution < 1.29 is 18.3 Å². The van der Waals surface area contributed by atoms with Crippen LogP contribution in [0, 0.1) is 0 Å². The van der Waals surface area contributed by atoms with Crippen molar-refractivity contribution in [1.29, 1.82) is 0 Å². The summed E-state index contributed by atoms with van der Waals surface area (Å²) in [5.74, 6) is 0. The molecule has 0 fully saturated rings. The molecule has 1 atom stereocenters. The molecule has 0 aromatic heterocycles. The van der Waals surface area contributed by atoms with Gasteiger partial charge in [-0.05, 0) is 20.8 Å². The fraction of sp³-hybridized carbons (Fsp3) is 1.00. The average molecular weight is 199 g/mol. The molecule has 0 aliphatic heterocycles. The lowest BCUT2D eigenvalue weighted by molar-refractivity contribution is -0.152. The van der Waals surface area contributed by atoms with Crippen LogP contribution in [-0.4, -0.2) is 41.4 Å². The molecule has 0 amide bonds. The Hall–Kier alpha value is -0.290. The van der Waals surface area contributed by atoms with Crippen LogP contribution in [0.5, 0.6) is 0 Å². The second-order valence-corrected chi connectivity index (χ2v) is 3.49. The Morgan fingerprint density at radius 3 is 1.92 bits per heavy atom. The smallest absolute Gasteiger partial charge is 0.392 e. The average Bonchev–Trinajstić information content (AvgIpc) is 1.81. The minimum atomic E-state index is -4.20. The van der Waals surface area contributed by atoms with Crippen molar-refractivity contribution in [3.63, 3.8) is 0 Å². The molecule has 0 rings (SSSR count). The second-order valence-electron chi connectivity index (χ2n) is 3.49. The highest BCUT2D eigenvalue weighted by Gasteiger charge is 2.31. The minimum absolute atomic E-state index is 0.0528.